The van der Waals surface area contributed by atoms with Crippen molar-refractivity contribution in [2.75, 3.05) is 25.0 Å². The van der Waals surface area contributed by atoms with E-state index in [1.54, 1.807) is 0 Å². The summed E-state index contributed by atoms with van der Waals surface area (Å²) < 4.78 is 0. The van der Waals surface area contributed by atoms with Crippen molar-refractivity contribution in [2.45, 2.75) is 26.3 Å². The Morgan fingerprint density at radius 1 is 1.50 bits per heavy atom. The first-order valence-electron chi connectivity index (χ1n) is 6.39. The van der Waals surface area contributed by atoms with Crippen molar-refractivity contribution in [3.8, 4) is 0 Å². The molecule has 0 unspecified atom stereocenters. The van der Waals surface area contributed by atoms with Crippen LogP contribution in [0.25, 0.3) is 0 Å². The molecule has 1 saturated heterocycles. The highest BCUT2D eigenvalue weighted by atomic mass is 16.2. The van der Waals surface area contributed by atoms with Crippen LogP contribution in [0.2, 0.25) is 0 Å². The molecule has 1 aliphatic heterocycles. The third-order valence-corrected chi connectivity index (χ3v) is 3.33. The Morgan fingerprint density at radius 3 is 2.89 bits per heavy atom. The second kappa shape index (κ2) is 5.50. The van der Waals surface area contributed by atoms with E-state index in [9.17, 15) is 4.79 Å². The van der Waals surface area contributed by atoms with Gasteiger partial charge in [0.15, 0.2) is 0 Å². The van der Waals surface area contributed by atoms with E-state index in [0.29, 0.717) is 6.54 Å². The first-order valence-corrected chi connectivity index (χ1v) is 6.39. The Kier molecular flexibility index (Phi) is 3.99. The van der Waals surface area contributed by atoms with Crippen LogP contribution in [-0.4, -0.2) is 36.5 Å². The molecule has 4 heteroatoms. The van der Waals surface area contributed by atoms with Crippen molar-refractivity contribution in [3.05, 3.63) is 29.3 Å². The molecule has 0 spiro atoms. The zero-order chi connectivity index (χ0) is 13.1. The molecule has 0 saturated carbocycles. The quantitative estimate of drug-likeness (QED) is 0.846. The molecule has 1 fully saturated rings. The van der Waals surface area contributed by atoms with Gasteiger partial charge < -0.3 is 11.1 Å². The molecule has 0 radical (unpaired) electrons. The van der Waals surface area contributed by atoms with Gasteiger partial charge in [-0.1, -0.05) is 17.7 Å². The molecular weight excluding hydrogens is 226 g/mol. The predicted octanol–water partition coefficient (Wildman–Crippen LogP) is 1.27. The summed E-state index contributed by atoms with van der Waals surface area (Å²) in [6.45, 7) is 6.22. The van der Waals surface area contributed by atoms with E-state index < -0.39 is 0 Å². The highest BCUT2D eigenvalue weighted by molar-refractivity contribution is 5.93. The maximum absolute atomic E-state index is 11.9. The van der Waals surface area contributed by atoms with Crippen LogP contribution in [0.3, 0.4) is 0 Å². The molecule has 18 heavy (non-hydrogen) atoms. The number of hydrogen-bond acceptors (Lipinski definition) is 3. The van der Waals surface area contributed by atoms with Crippen LogP contribution < -0.4 is 11.1 Å². The van der Waals surface area contributed by atoms with Crippen molar-refractivity contribution >= 4 is 11.6 Å². The number of anilines is 1. The summed E-state index contributed by atoms with van der Waals surface area (Å²) in [7, 11) is 0. The SMILES string of the molecule is Cc1ccc(NC(=O)CN2CC[C@H](N)C2)c(C)c1. The van der Waals surface area contributed by atoms with Crippen LogP contribution in [0.15, 0.2) is 18.2 Å². The van der Waals surface area contributed by atoms with Crippen molar-refractivity contribution in [1.29, 1.82) is 0 Å². The summed E-state index contributed by atoms with van der Waals surface area (Å²) in [5, 5.41) is 2.96. The fourth-order valence-corrected chi connectivity index (χ4v) is 2.35. The molecule has 0 bridgehead atoms. The number of hydrogen-bond donors (Lipinski definition) is 2. The fourth-order valence-electron chi connectivity index (χ4n) is 2.35. The van der Waals surface area contributed by atoms with E-state index in [-0.39, 0.29) is 11.9 Å². The van der Waals surface area contributed by atoms with E-state index in [1.165, 1.54) is 5.56 Å². The lowest BCUT2D eigenvalue weighted by molar-refractivity contribution is -0.117. The Labute approximate surface area is 108 Å². The Bertz CT molecular complexity index is 445. The van der Waals surface area contributed by atoms with Crippen LogP contribution in [0.4, 0.5) is 5.69 Å². The van der Waals surface area contributed by atoms with Crippen LogP contribution in [0, 0.1) is 13.8 Å². The number of nitrogens with one attached hydrogen (secondary N) is 1. The minimum atomic E-state index is 0.0380. The number of likely N-dealkylation sites (tertiary alicyclic amines) is 1. The lowest BCUT2D eigenvalue weighted by Crippen LogP contribution is -2.33. The number of benzene rings is 1. The Morgan fingerprint density at radius 2 is 2.28 bits per heavy atom. The minimum Gasteiger partial charge on any atom is -0.326 e. The molecule has 1 heterocycles. The zero-order valence-corrected chi connectivity index (χ0v) is 11.1. The lowest BCUT2D eigenvalue weighted by Gasteiger charge is -2.15. The zero-order valence-electron chi connectivity index (χ0n) is 11.1. The van der Waals surface area contributed by atoms with Crippen molar-refractivity contribution in [2.24, 2.45) is 5.73 Å². The van der Waals surface area contributed by atoms with Gasteiger partial charge in [0, 0.05) is 24.8 Å². The number of carbonyl (C=O) groups excluding carboxylic acids is 1. The molecule has 1 aromatic rings. The number of amides is 1. The molecule has 2 rings (SSSR count). The maximum atomic E-state index is 11.9. The monoisotopic (exact) mass is 247 g/mol. The Balaban J connectivity index is 1.91. The van der Waals surface area contributed by atoms with Gasteiger partial charge in [0.25, 0.3) is 0 Å². The topological polar surface area (TPSA) is 58.4 Å². The number of nitrogens with zero attached hydrogens (tertiary/aromatic N) is 1. The molecule has 98 valence electrons. The van der Waals surface area contributed by atoms with Gasteiger partial charge in [-0.15, -0.1) is 0 Å². The lowest BCUT2D eigenvalue weighted by atomic mass is 10.1. The number of nitrogens with two attached hydrogens (primary N) is 1. The summed E-state index contributed by atoms with van der Waals surface area (Å²) in [6.07, 6.45) is 0.983. The molecule has 1 atom stereocenters. The summed E-state index contributed by atoms with van der Waals surface area (Å²) in [6, 6.07) is 6.26. The summed E-state index contributed by atoms with van der Waals surface area (Å²) >= 11 is 0. The summed E-state index contributed by atoms with van der Waals surface area (Å²) in [5.41, 5.74) is 9.02. The van der Waals surface area contributed by atoms with E-state index in [0.717, 1.165) is 30.8 Å². The summed E-state index contributed by atoms with van der Waals surface area (Å²) in [5.74, 6) is 0.0380. The van der Waals surface area contributed by atoms with Crippen molar-refractivity contribution in [1.82, 2.24) is 4.90 Å². The van der Waals surface area contributed by atoms with Crippen LogP contribution >= 0.6 is 0 Å². The molecule has 3 N–H and O–H groups in total. The van der Waals surface area contributed by atoms with E-state index in [1.807, 2.05) is 26.0 Å². The molecule has 1 aromatic carbocycles. The standard InChI is InChI=1S/C14H21N3O/c1-10-3-4-13(11(2)7-10)16-14(18)9-17-6-5-12(15)8-17/h3-4,7,12H,5-6,8-9,15H2,1-2H3,(H,16,18)/t12-/m0/s1. The second-order valence-electron chi connectivity index (χ2n) is 5.15. The summed E-state index contributed by atoms with van der Waals surface area (Å²) in [4.78, 5) is 14.0. The number of rotatable bonds is 3. The average Bonchev–Trinajstić information content (AvgIpc) is 2.68. The maximum Gasteiger partial charge on any atom is 0.238 e. The van der Waals surface area contributed by atoms with E-state index in [2.05, 4.69) is 16.3 Å². The predicted molar refractivity (Wildman–Crippen MR) is 73.6 cm³/mol. The number of carbonyl (C=O) groups is 1. The number of aryl methyl sites for hydroxylation is 2. The van der Waals surface area contributed by atoms with Crippen LogP contribution in [-0.2, 0) is 4.79 Å². The van der Waals surface area contributed by atoms with Gasteiger partial charge in [-0.25, -0.2) is 0 Å². The molecule has 1 amide bonds. The van der Waals surface area contributed by atoms with Crippen molar-refractivity contribution in [3.63, 3.8) is 0 Å². The smallest absolute Gasteiger partial charge is 0.238 e. The molecule has 1 aliphatic rings. The molecule has 0 aliphatic carbocycles. The Hall–Kier alpha value is -1.39. The van der Waals surface area contributed by atoms with E-state index in [4.69, 9.17) is 5.73 Å². The largest absolute Gasteiger partial charge is 0.326 e. The van der Waals surface area contributed by atoms with Gasteiger partial charge in [-0.05, 0) is 31.9 Å². The molecule has 4 nitrogen and oxygen atoms in total. The molecule has 0 aromatic heterocycles. The van der Waals surface area contributed by atoms with E-state index >= 15 is 0 Å². The molecular formula is C14H21N3O. The van der Waals surface area contributed by atoms with Crippen LogP contribution in [0.1, 0.15) is 17.5 Å². The normalized spacial score (nSPS) is 20.1. The first kappa shape index (κ1) is 13.1. The average molecular weight is 247 g/mol. The minimum absolute atomic E-state index is 0.0380. The highest BCUT2D eigenvalue weighted by Crippen LogP contribution is 2.16. The third kappa shape index (κ3) is 3.31. The van der Waals surface area contributed by atoms with Gasteiger partial charge in [0.05, 0.1) is 6.54 Å². The van der Waals surface area contributed by atoms with Gasteiger partial charge in [0.2, 0.25) is 5.91 Å². The van der Waals surface area contributed by atoms with Gasteiger partial charge >= 0.3 is 0 Å². The van der Waals surface area contributed by atoms with Gasteiger partial charge in [0.1, 0.15) is 0 Å². The third-order valence-electron chi connectivity index (χ3n) is 3.33. The first-order chi connectivity index (χ1) is 8.54. The van der Waals surface area contributed by atoms with Gasteiger partial charge in [-0.3, -0.25) is 9.69 Å². The van der Waals surface area contributed by atoms with Crippen molar-refractivity contribution < 1.29 is 4.79 Å². The fraction of sp³-hybridized carbons (Fsp3) is 0.500. The van der Waals surface area contributed by atoms with Crippen LogP contribution in [0.5, 0.6) is 0 Å². The highest BCUT2D eigenvalue weighted by Gasteiger charge is 2.21. The van der Waals surface area contributed by atoms with Gasteiger partial charge in [-0.2, -0.15) is 0 Å². The second-order valence-corrected chi connectivity index (χ2v) is 5.15.